The quantitative estimate of drug-likeness (QED) is 0.503. The van der Waals surface area contributed by atoms with Crippen LogP contribution >= 0.6 is 0 Å². The van der Waals surface area contributed by atoms with Crippen molar-refractivity contribution in [1.82, 2.24) is 0 Å². The third kappa shape index (κ3) is 4.26. The third-order valence-electron chi connectivity index (χ3n) is 1.70. The fraction of sp³-hybridized carbons (Fsp3) is 0.250. The van der Waals surface area contributed by atoms with Crippen LogP contribution in [0.5, 0.6) is 0 Å². The van der Waals surface area contributed by atoms with Gasteiger partial charge >= 0.3 is 10.4 Å². The minimum Gasteiger partial charge on any atom is -0.399 e. The number of hydrogen-bond donors (Lipinski definition) is 3. The Morgan fingerprint density at radius 2 is 1.87 bits per heavy atom. The van der Waals surface area contributed by atoms with Gasteiger partial charge in [0.2, 0.25) is 0 Å². The highest BCUT2D eigenvalue weighted by atomic mass is 32.3. The summed E-state index contributed by atoms with van der Waals surface area (Å²) in [4.78, 5) is 0. The molecule has 0 aromatic heterocycles. The predicted molar refractivity (Wildman–Crippen MR) is 53.3 cm³/mol. The van der Waals surface area contributed by atoms with Crippen molar-refractivity contribution in [2.45, 2.75) is 6.10 Å². The number of anilines is 1. The van der Waals surface area contributed by atoms with Crippen LogP contribution in [0, 0.1) is 0 Å². The Morgan fingerprint density at radius 1 is 1.33 bits per heavy atom. The van der Waals surface area contributed by atoms with Gasteiger partial charge < -0.3 is 10.8 Å². The molecule has 0 aliphatic heterocycles. The molecule has 4 N–H and O–H groups in total. The van der Waals surface area contributed by atoms with E-state index in [-0.39, 0.29) is 0 Å². The topological polar surface area (TPSA) is 110 Å². The standard InChI is InChI=1S/C8H11NO5S/c9-7-3-1-6(2-4-7)8(10)5-14-15(11,12)13/h1-4,8,10H,5,9H2,(H,11,12,13). The molecule has 0 aliphatic rings. The highest BCUT2D eigenvalue weighted by molar-refractivity contribution is 7.80. The maximum atomic E-state index is 10.2. The van der Waals surface area contributed by atoms with Crippen LogP contribution in [-0.2, 0) is 14.6 Å². The summed E-state index contributed by atoms with van der Waals surface area (Å²) in [6, 6.07) is 6.19. The molecule has 0 amide bonds. The second-order valence-corrected chi connectivity index (χ2v) is 3.99. The lowest BCUT2D eigenvalue weighted by Crippen LogP contribution is -2.12. The Kier molecular flexibility index (Phi) is 3.64. The van der Waals surface area contributed by atoms with E-state index in [0.29, 0.717) is 11.3 Å². The van der Waals surface area contributed by atoms with Crippen molar-refractivity contribution in [2.75, 3.05) is 12.3 Å². The van der Waals surface area contributed by atoms with E-state index in [1.807, 2.05) is 0 Å². The lowest BCUT2D eigenvalue weighted by molar-refractivity contribution is 0.103. The van der Waals surface area contributed by atoms with Crippen molar-refractivity contribution in [3.05, 3.63) is 29.8 Å². The number of nitrogens with two attached hydrogens (primary N) is 1. The third-order valence-corrected chi connectivity index (χ3v) is 2.13. The van der Waals surface area contributed by atoms with Gasteiger partial charge in [-0.15, -0.1) is 0 Å². The molecular weight excluding hydrogens is 222 g/mol. The molecule has 0 spiro atoms. The van der Waals surface area contributed by atoms with Gasteiger partial charge in [-0.3, -0.25) is 4.55 Å². The Labute approximate surface area is 87.2 Å². The Balaban J connectivity index is 2.61. The van der Waals surface area contributed by atoms with E-state index >= 15 is 0 Å². The Morgan fingerprint density at radius 3 is 2.33 bits per heavy atom. The van der Waals surface area contributed by atoms with Gasteiger partial charge in [0.25, 0.3) is 0 Å². The van der Waals surface area contributed by atoms with Crippen molar-refractivity contribution in [3.63, 3.8) is 0 Å². The van der Waals surface area contributed by atoms with E-state index in [9.17, 15) is 13.5 Å². The first-order chi connectivity index (χ1) is 6.88. The zero-order valence-corrected chi connectivity index (χ0v) is 8.52. The van der Waals surface area contributed by atoms with Crippen LogP contribution in [0.2, 0.25) is 0 Å². The van der Waals surface area contributed by atoms with E-state index in [4.69, 9.17) is 10.3 Å². The average Bonchev–Trinajstić information content (AvgIpc) is 2.14. The number of aliphatic hydroxyl groups excluding tert-OH is 1. The van der Waals surface area contributed by atoms with Crippen LogP contribution in [0.4, 0.5) is 5.69 Å². The van der Waals surface area contributed by atoms with E-state index in [2.05, 4.69) is 4.18 Å². The van der Waals surface area contributed by atoms with Crippen LogP contribution in [-0.4, -0.2) is 24.7 Å². The molecule has 15 heavy (non-hydrogen) atoms. The van der Waals surface area contributed by atoms with Crippen molar-refractivity contribution >= 4 is 16.1 Å². The predicted octanol–water partition coefficient (Wildman–Crippen LogP) is 0.122. The van der Waals surface area contributed by atoms with Gasteiger partial charge in [0.05, 0.1) is 6.61 Å². The lowest BCUT2D eigenvalue weighted by atomic mass is 10.1. The van der Waals surface area contributed by atoms with Crippen LogP contribution in [0.25, 0.3) is 0 Å². The minimum atomic E-state index is -4.52. The zero-order valence-electron chi connectivity index (χ0n) is 7.70. The number of aliphatic hydroxyl groups is 1. The maximum absolute atomic E-state index is 10.2. The molecule has 7 heteroatoms. The number of rotatable bonds is 4. The monoisotopic (exact) mass is 233 g/mol. The largest absolute Gasteiger partial charge is 0.399 e. The second-order valence-electron chi connectivity index (χ2n) is 2.89. The molecule has 1 aromatic rings. The first-order valence-corrected chi connectivity index (χ1v) is 5.40. The fourth-order valence-corrected chi connectivity index (χ4v) is 1.27. The summed E-state index contributed by atoms with van der Waals surface area (Å²) >= 11 is 0. The van der Waals surface area contributed by atoms with Gasteiger partial charge in [0.1, 0.15) is 6.10 Å². The van der Waals surface area contributed by atoms with Crippen LogP contribution < -0.4 is 5.73 Å². The van der Waals surface area contributed by atoms with E-state index in [0.717, 1.165) is 0 Å². The van der Waals surface area contributed by atoms with Crippen molar-refractivity contribution in [2.24, 2.45) is 0 Å². The number of nitrogen functional groups attached to an aromatic ring is 1. The smallest absolute Gasteiger partial charge is 0.397 e. The normalized spacial score (nSPS) is 13.7. The summed E-state index contributed by atoms with van der Waals surface area (Å²) < 4.78 is 32.7. The Hall–Kier alpha value is -1.15. The molecule has 0 fully saturated rings. The highest BCUT2D eigenvalue weighted by Crippen LogP contribution is 2.15. The molecule has 0 bridgehead atoms. The molecular formula is C8H11NO5S. The molecule has 0 heterocycles. The van der Waals surface area contributed by atoms with E-state index in [1.54, 1.807) is 12.1 Å². The number of benzene rings is 1. The van der Waals surface area contributed by atoms with Gasteiger partial charge in [-0.2, -0.15) is 8.42 Å². The summed E-state index contributed by atoms with van der Waals surface area (Å²) in [6.45, 7) is -0.539. The molecule has 6 nitrogen and oxygen atoms in total. The van der Waals surface area contributed by atoms with E-state index in [1.165, 1.54) is 12.1 Å². The molecule has 0 saturated carbocycles. The molecule has 0 saturated heterocycles. The summed E-state index contributed by atoms with van der Waals surface area (Å²) in [5.41, 5.74) is 6.40. The molecule has 1 atom stereocenters. The van der Waals surface area contributed by atoms with Crippen LogP contribution in [0.1, 0.15) is 11.7 Å². The van der Waals surface area contributed by atoms with Gasteiger partial charge in [0, 0.05) is 5.69 Å². The van der Waals surface area contributed by atoms with Crippen molar-refractivity contribution in [3.8, 4) is 0 Å². The summed E-state index contributed by atoms with van der Waals surface area (Å²) in [6.07, 6.45) is -1.13. The molecule has 1 rings (SSSR count). The maximum Gasteiger partial charge on any atom is 0.397 e. The first kappa shape index (κ1) is 11.9. The summed E-state index contributed by atoms with van der Waals surface area (Å²) in [7, 11) is -4.52. The SMILES string of the molecule is Nc1ccc(C(O)COS(=O)(=O)O)cc1. The van der Waals surface area contributed by atoms with Gasteiger partial charge in [-0.25, -0.2) is 4.18 Å². The lowest BCUT2D eigenvalue weighted by Gasteiger charge is -2.09. The van der Waals surface area contributed by atoms with Gasteiger partial charge in [0.15, 0.2) is 0 Å². The average molecular weight is 233 g/mol. The molecule has 1 unspecified atom stereocenters. The Bertz CT molecular complexity index is 413. The van der Waals surface area contributed by atoms with Gasteiger partial charge in [-0.1, -0.05) is 12.1 Å². The van der Waals surface area contributed by atoms with Crippen molar-refractivity contribution in [1.29, 1.82) is 0 Å². The first-order valence-electron chi connectivity index (χ1n) is 4.04. The minimum absolute atomic E-state index is 0.452. The van der Waals surface area contributed by atoms with Crippen LogP contribution in [0.15, 0.2) is 24.3 Å². The number of hydrogen-bond acceptors (Lipinski definition) is 5. The van der Waals surface area contributed by atoms with E-state index < -0.39 is 23.1 Å². The second kappa shape index (κ2) is 4.58. The molecule has 84 valence electrons. The zero-order chi connectivity index (χ0) is 11.5. The van der Waals surface area contributed by atoms with Gasteiger partial charge in [-0.05, 0) is 17.7 Å². The fourth-order valence-electron chi connectivity index (χ4n) is 0.965. The van der Waals surface area contributed by atoms with Crippen molar-refractivity contribution < 1.29 is 22.3 Å². The molecule has 0 aliphatic carbocycles. The summed E-state index contributed by atoms with van der Waals surface area (Å²) in [5, 5.41) is 9.43. The summed E-state index contributed by atoms with van der Waals surface area (Å²) in [5.74, 6) is 0. The molecule has 1 aromatic carbocycles. The van der Waals surface area contributed by atoms with Crippen LogP contribution in [0.3, 0.4) is 0 Å². The molecule has 0 radical (unpaired) electrons. The highest BCUT2D eigenvalue weighted by Gasteiger charge is 2.12.